The van der Waals surface area contributed by atoms with Crippen molar-refractivity contribution in [2.45, 2.75) is 58.7 Å². The van der Waals surface area contributed by atoms with Gasteiger partial charge >= 0.3 is 6.09 Å². The summed E-state index contributed by atoms with van der Waals surface area (Å²) in [7, 11) is 0. The van der Waals surface area contributed by atoms with E-state index in [4.69, 9.17) is 10.5 Å². The van der Waals surface area contributed by atoms with Gasteiger partial charge in [0.05, 0.1) is 13.2 Å². The number of hydrogen-bond donors (Lipinski definition) is 2. The minimum atomic E-state index is -0.226. The molecule has 0 aromatic heterocycles. The highest BCUT2D eigenvalue weighted by Gasteiger charge is 2.23. The van der Waals surface area contributed by atoms with Gasteiger partial charge in [0.15, 0.2) is 5.96 Å². The lowest BCUT2D eigenvalue weighted by molar-refractivity contribution is 0.0963. The van der Waals surface area contributed by atoms with Gasteiger partial charge in [-0.1, -0.05) is 31.2 Å². The second kappa shape index (κ2) is 11.2. The van der Waals surface area contributed by atoms with Gasteiger partial charge in [-0.2, -0.15) is 0 Å². The van der Waals surface area contributed by atoms with Gasteiger partial charge in [-0.3, -0.25) is 4.90 Å². The van der Waals surface area contributed by atoms with Crippen molar-refractivity contribution >= 4 is 12.1 Å². The van der Waals surface area contributed by atoms with Crippen molar-refractivity contribution in [2.24, 2.45) is 16.6 Å². The van der Waals surface area contributed by atoms with Gasteiger partial charge in [-0.25, -0.2) is 9.79 Å². The van der Waals surface area contributed by atoms with Crippen LogP contribution in [0, 0.1) is 5.92 Å². The molecule has 0 spiro atoms. The largest absolute Gasteiger partial charge is 0.450 e. The number of amides is 1. The zero-order valence-electron chi connectivity index (χ0n) is 18.5. The van der Waals surface area contributed by atoms with Crippen LogP contribution in [0.1, 0.15) is 50.7 Å². The summed E-state index contributed by atoms with van der Waals surface area (Å²) in [5, 5.41) is 3.29. The number of rotatable bonds is 6. The lowest BCUT2D eigenvalue weighted by Crippen LogP contribution is -2.48. The fourth-order valence-electron chi connectivity index (χ4n) is 4.29. The zero-order valence-corrected chi connectivity index (χ0v) is 18.5. The lowest BCUT2D eigenvalue weighted by Gasteiger charge is -2.31. The molecule has 166 valence electrons. The van der Waals surface area contributed by atoms with E-state index in [1.807, 2.05) is 6.92 Å². The molecule has 0 bridgehead atoms. The minimum Gasteiger partial charge on any atom is -0.450 e. The molecule has 1 aromatic carbocycles. The number of benzene rings is 1. The van der Waals surface area contributed by atoms with E-state index in [1.54, 1.807) is 4.90 Å². The molecule has 30 heavy (non-hydrogen) atoms. The molecule has 0 saturated carbocycles. The van der Waals surface area contributed by atoms with E-state index in [-0.39, 0.29) is 12.1 Å². The number of hydrogen-bond acceptors (Lipinski definition) is 4. The maximum atomic E-state index is 11.8. The van der Waals surface area contributed by atoms with E-state index in [2.05, 4.69) is 46.4 Å². The minimum absolute atomic E-state index is 0.226. The van der Waals surface area contributed by atoms with Crippen molar-refractivity contribution in [3.63, 3.8) is 0 Å². The monoisotopic (exact) mass is 415 g/mol. The molecule has 2 aliphatic heterocycles. The number of piperidine rings is 2. The van der Waals surface area contributed by atoms with E-state index in [1.165, 1.54) is 31.5 Å². The Labute approximate surface area is 180 Å². The van der Waals surface area contributed by atoms with Crippen molar-refractivity contribution in [1.82, 2.24) is 15.1 Å². The van der Waals surface area contributed by atoms with Crippen molar-refractivity contribution < 1.29 is 9.53 Å². The molecule has 2 aliphatic rings. The highest BCUT2D eigenvalue weighted by molar-refractivity contribution is 5.78. The number of carbonyl (C=O) groups is 1. The molecular formula is C23H37N5O2. The third-order valence-corrected chi connectivity index (χ3v) is 5.98. The predicted molar refractivity (Wildman–Crippen MR) is 120 cm³/mol. The number of ether oxygens (including phenoxy) is 1. The third kappa shape index (κ3) is 6.90. The first-order chi connectivity index (χ1) is 14.5. The van der Waals surface area contributed by atoms with E-state index in [0.29, 0.717) is 32.2 Å². The third-order valence-electron chi connectivity index (χ3n) is 5.98. The van der Waals surface area contributed by atoms with Crippen molar-refractivity contribution in [3.05, 3.63) is 35.4 Å². The molecule has 3 N–H and O–H groups in total. The van der Waals surface area contributed by atoms with Gasteiger partial charge in [-0.05, 0) is 56.2 Å². The molecular weight excluding hydrogens is 378 g/mol. The van der Waals surface area contributed by atoms with Crippen LogP contribution >= 0.6 is 0 Å². The van der Waals surface area contributed by atoms with Crippen LogP contribution in [0.2, 0.25) is 0 Å². The molecule has 2 saturated heterocycles. The Bertz CT molecular complexity index is 698. The number of carbonyl (C=O) groups excluding carboxylic acids is 1. The Morgan fingerprint density at radius 2 is 1.87 bits per heavy atom. The number of nitrogens with zero attached hydrogens (tertiary/aromatic N) is 3. The molecule has 0 aliphatic carbocycles. The molecule has 1 atom stereocenters. The summed E-state index contributed by atoms with van der Waals surface area (Å²) in [6, 6.07) is 8.96. The molecule has 2 heterocycles. The van der Waals surface area contributed by atoms with Crippen LogP contribution in [0.15, 0.2) is 29.3 Å². The molecule has 3 rings (SSSR count). The molecule has 2 fully saturated rings. The fraction of sp³-hybridized carbons (Fsp3) is 0.652. The number of nitrogens with one attached hydrogen (secondary N) is 1. The van der Waals surface area contributed by atoms with Crippen LogP contribution < -0.4 is 11.1 Å². The Kier molecular flexibility index (Phi) is 8.37. The van der Waals surface area contributed by atoms with Crippen molar-refractivity contribution in [3.8, 4) is 0 Å². The van der Waals surface area contributed by atoms with Gasteiger partial charge in [0.25, 0.3) is 0 Å². The number of nitrogens with two attached hydrogens (primary N) is 1. The second-order valence-corrected chi connectivity index (χ2v) is 8.61. The maximum Gasteiger partial charge on any atom is 0.409 e. The zero-order chi connectivity index (χ0) is 21.3. The van der Waals surface area contributed by atoms with Crippen LogP contribution in [0.25, 0.3) is 0 Å². The van der Waals surface area contributed by atoms with Crippen LogP contribution in [-0.2, 0) is 17.8 Å². The molecule has 7 nitrogen and oxygen atoms in total. The fourth-order valence-corrected chi connectivity index (χ4v) is 4.29. The summed E-state index contributed by atoms with van der Waals surface area (Å²) < 4.78 is 5.06. The maximum absolute atomic E-state index is 11.8. The second-order valence-electron chi connectivity index (χ2n) is 8.61. The molecule has 1 amide bonds. The van der Waals surface area contributed by atoms with Gasteiger partial charge in [0.2, 0.25) is 0 Å². The van der Waals surface area contributed by atoms with Crippen molar-refractivity contribution in [2.75, 3.05) is 32.8 Å². The Hall–Kier alpha value is -2.28. The highest BCUT2D eigenvalue weighted by Crippen LogP contribution is 2.18. The van der Waals surface area contributed by atoms with E-state index in [9.17, 15) is 4.79 Å². The summed E-state index contributed by atoms with van der Waals surface area (Å²) in [6.45, 7) is 9.95. The quantitative estimate of drug-likeness (QED) is 0.551. The Morgan fingerprint density at radius 1 is 1.17 bits per heavy atom. The van der Waals surface area contributed by atoms with Crippen molar-refractivity contribution in [1.29, 1.82) is 0 Å². The summed E-state index contributed by atoms with van der Waals surface area (Å²) >= 11 is 0. The first-order valence-corrected chi connectivity index (χ1v) is 11.3. The average molecular weight is 416 g/mol. The summed E-state index contributed by atoms with van der Waals surface area (Å²) in [6.07, 6.45) is 4.13. The SMILES string of the molecule is CCOC(=O)N1CCC(NC(N)=NCc2ccc(CN3CCCC(C)C3)cc2)CC1. The highest BCUT2D eigenvalue weighted by atomic mass is 16.6. The van der Waals surface area contributed by atoms with Gasteiger partial charge in [0.1, 0.15) is 0 Å². The normalized spacial score (nSPS) is 21.5. The summed E-state index contributed by atoms with van der Waals surface area (Å²) in [5.74, 6) is 1.27. The standard InChI is InChI=1S/C23H37N5O2/c1-3-30-23(29)28-13-10-21(11-14-28)26-22(24)25-15-19-6-8-20(9-7-19)17-27-12-4-5-18(2)16-27/h6-9,18,21H,3-5,10-17H2,1-2H3,(H3,24,25,26). The number of likely N-dealkylation sites (tertiary alicyclic amines) is 2. The van der Waals surface area contributed by atoms with Gasteiger partial charge in [-0.15, -0.1) is 0 Å². The van der Waals surface area contributed by atoms with E-state index >= 15 is 0 Å². The Morgan fingerprint density at radius 3 is 2.53 bits per heavy atom. The Balaban J connectivity index is 1.40. The van der Waals surface area contributed by atoms with Crippen LogP contribution in [0.3, 0.4) is 0 Å². The number of guanidine groups is 1. The first-order valence-electron chi connectivity index (χ1n) is 11.3. The van der Waals surface area contributed by atoms with Crippen LogP contribution in [0.4, 0.5) is 4.79 Å². The van der Waals surface area contributed by atoms with Gasteiger partial charge in [0, 0.05) is 32.2 Å². The van der Waals surface area contributed by atoms with Gasteiger partial charge < -0.3 is 20.7 Å². The average Bonchev–Trinajstić information content (AvgIpc) is 2.74. The first kappa shape index (κ1) is 22.4. The van der Waals surface area contributed by atoms with Crippen LogP contribution in [-0.4, -0.2) is 60.7 Å². The molecule has 1 unspecified atom stereocenters. The smallest absolute Gasteiger partial charge is 0.409 e. The van der Waals surface area contributed by atoms with E-state index < -0.39 is 0 Å². The molecule has 1 aromatic rings. The summed E-state index contributed by atoms with van der Waals surface area (Å²) in [4.78, 5) is 20.6. The number of aliphatic imine (C=N–C) groups is 1. The topological polar surface area (TPSA) is 83.2 Å². The van der Waals surface area contributed by atoms with Crippen LogP contribution in [0.5, 0.6) is 0 Å². The molecule has 7 heteroatoms. The lowest BCUT2D eigenvalue weighted by atomic mass is 9.99. The molecule has 0 radical (unpaired) electrons. The predicted octanol–water partition coefficient (Wildman–Crippen LogP) is 2.94. The van der Waals surface area contributed by atoms with E-state index in [0.717, 1.165) is 30.9 Å². The summed E-state index contributed by atoms with van der Waals surface area (Å²) in [5.41, 5.74) is 8.61.